The Hall–Kier alpha value is -1.43. The molecule has 1 atom stereocenters. The van der Waals surface area contributed by atoms with Gasteiger partial charge in [0.1, 0.15) is 0 Å². The van der Waals surface area contributed by atoms with E-state index in [0.717, 1.165) is 0 Å². The normalized spacial score (nSPS) is 13.6. The van der Waals surface area contributed by atoms with E-state index in [-0.39, 0.29) is 11.5 Å². The minimum atomic E-state index is -4.23. The molecular formula is C14H20F3NO2. The lowest BCUT2D eigenvalue weighted by Crippen LogP contribution is -2.36. The van der Waals surface area contributed by atoms with Crippen LogP contribution in [0.15, 0.2) is 18.2 Å². The molecule has 0 aliphatic heterocycles. The monoisotopic (exact) mass is 291 g/mol. The Morgan fingerprint density at radius 1 is 1.35 bits per heavy atom. The van der Waals surface area contributed by atoms with Crippen molar-refractivity contribution in [2.75, 3.05) is 20.2 Å². The maximum absolute atomic E-state index is 12.6. The van der Waals surface area contributed by atoms with Gasteiger partial charge in [0, 0.05) is 6.04 Å². The molecule has 0 spiro atoms. The van der Waals surface area contributed by atoms with Crippen molar-refractivity contribution in [1.29, 1.82) is 0 Å². The lowest BCUT2D eigenvalue weighted by Gasteiger charge is -2.30. The number of hydrogen-bond donors (Lipinski definition) is 1. The Morgan fingerprint density at radius 3 is 2.50 bits per heavy atom. The summed E-state index contributed by atoms with van der Waals surface area (Å²) in [4.78, 5) is 1.37. The summed E-state index contributed by atoms with van der Waals surface area (Å²) < 4.78 is 42.8. The van der Waals surface area contributed by atoms with Crippen LogP contribution in [0.3, 0.4) is 0 Å². The number of alkyl halides is 3. The zero-order valence-electron chi connectivity index (χ0n) is 11.9. The van der Waals surface area contributed by atoms with E-state index in [1.807, 2.05) is 6.92 Å². The molecule has 0 aliphatic carbocycles. The van der Waals surface area contributed by atoms with Gasteiger partial charge in [0.2, 0.25) is 0 Å². The van der Waals surface area contributed by atoms with Gasteiger partial charge in [-0.25, -0.2) is 0 Å². The fourth-order valence-corrected chi connectivity index (χ4v) is 2.09. The zero-order valence-corrected chi connectivity index (χ0v) is 11.9. The van der Waals surface area contributed by atoms with Crippen molar-refractivity contribution >= 4 is 0 Å². The van der Waals surface area contributed by atoms with E-state index >= 15 is 0 Å². The van der Waals surface area contributed by atoms with E-state index in [2.05, 4.69) is 0 Å². The predicted octanol–water partition coefficient (Wildman–Crippen LogP) is 3.74. The second-order valence-electron chi connectivity index (χ2n) is 4.69. The number of methoxy groups -OCH3 is 1. The Labute approximate surface area is 117 Å². The second kappa shape index (κ2) is 6.83. The maximum atomic E-state index is 12.6. The first-order valence-electron chi connectivity index (χ1n) is 6.46. The molecule has 1 N–H and O–H groups in total. The molecule has 0 aromatic heterocycles. The van der Waals surface area contributed by atoms with Gasteiger partial charge >= 0.3 is 6.18 Å². The van der Waals surface area contributed by atoms with Crippen LogP contribution in [-0.4, -0.2) is 36.4 Å². The summed E-state index contributed by atoms with van der Waals surface area (Å²) in [6.07, 6.45) is -3.60. The molecule has 1 unspecified atom stereocenters. The van der Waals surface area contributed by atoms with Gasteiger partial charge in [0.05, 0.1) is 13.7 Å². The van der Waals surface area contributed by atoms with Crippen molar-refractivity contribution in [2.45, 2.75) is 32.5 Å². The SMILES string of the molecule is CCCN(CC(F)(F)F)C(C)c1ccc(O)c(OC)c1. The third-order valence-corrected chi connectivity index (χ3v) is 3.13. The van der Waals surface area contributed by atoms with Crippen LogP contribution in [0.5, 0.6) is 11.5 Å². The lowest BCUT2D eigenvalue weighted by molar-refractivity contribution is -0.150. The Balaban J connectivity index is 2.96. The van der Waals surface area contributed by atoms with E-state index in [1.54, 1.807) is 19.1 Å². The number of benzene rings is 1. The van der Waals surface area contributed by atoms with E-state index in [4.69, 9.17) is 4.74 Å². The van der Waals surface area contributed by atoms with Crippen LogP contribution < -0.4 is 4.74 Å². The summed E-state index contributed by atoms with van der Waals surface area (Å²) in [5, 5.41) is 9.53. The molecule has 0 heterocycles. The first kappa shape index (κ1) is 16.6. The van der Waals surface area contributed by atoms with Gasteiger partial charge in [0.15, 0.2) is 11.5 Å². The lowest BCUT2D eigenvalue weighted by atomic mass is 10.1. The smallest absolute Gasteiger partial charge is 0.401 e. The Kier molecular flexibility index (Phi) is 5.68. The summed E-state index contributed by atoms with van der Waals surface area (Å²) in [5.41, 5.74) is 0.678. The van der Waals surface area contributed by atoms with Crippen molar-refractivity contribution in [2.24, 2.45) is 0 Å². The highest BCUT2D eigenvalue weighted by atomic mass is 19.4. The van der Waals surface area contributed by atoms with Crippen molar-refractivity contribution in [1.82, 2.24) is 4.90 Å². The Bertz CT molecular complexity index is 435. The van der Waals surface area contributed by atoms with Crippen molar-refractivity contribution < 1.29 is 23.0 Å². The summed E-state index contributed by atoms with van der Waals surface area (Å²) in [5.74, 6) is 0.235. The maximum Gasteiger partial charge on any atom is 0.401 e. The zero-order chi connectivity index (χ0) is 15.3. The minimum Gasteiger partial charge on any atom is -0.504 e. The van der Waals surface area contributed by atoms with E-state index < -0.39 is 18.8 Å². The summed E-state index contributed by atoms with van der Waals surface area (Å²) >= 11 is 0. The molecule has 20 heavy (non-hydrogen) atoms. The van der Waals surface area contributed by atoms with Gasteiger partial charge in [-0.2, -0.15) is 13.2 Å². The average Bonchev–Trinajstić information content (AvgIpc) is 2.36. The third-order valence-electron chi connectivity index (χ3n) is 3.13. The van der Waals surface area contributed by atoms with Gasteiger partial charge in [0.25, 0.3) is 0 Å². The molecule has 0 radical (unpaired) electrons. The summed E-state index contributed by atoms with van der Waals surface area (Å²) in [6.45, 7) is 2.95. The fourth-order valence-electron chi connectivity index (χ4n) is 2.09. The standard InChI is InChI=1S/C14H20F3NO2/c1-4-7-18(9-14(15,16)17)10(2)11-5-6-12(19)13(8-11)20-3/h5-6,8,10,19H,4,7,9H2,1-3H3. The topological polar surface area (TPSA) is 32.7 Å². The van der Waals surface area contributed by atoms with Crippen LogP contribution in [-0.2, 0) is 0 Å². The molecule has 6 heteroatoms. The van der Waals surface area contributed by atoms with Crippen molar-refractivity contribution in [3.8, 4) is 11.5 Å². The molecule has 0 bridgehead atoms. The van der Waals surface area contributed by atoms with E-state index in [9.17, 15) is 18.3 Å². The second-order valence-corrected chi connectivity index (χ2v) is 4.69. The number of aromatic hydroxyl groups is 1. The minimum absolute atomic E-state index is 0.0266. The highest BCUT2D eigenvalue weighted by Crippen LogP contribution is 2.32. The predicted molar refractivity (Wildman–Crippen MR) is 71.0 cm³/mol. The number of ether oxygens (including phenoxy) is 1. The van der Waals surface area contributed by atoms with Crippen LogP contribution in [0.25, 0.3) is 0 Å². The largest absolute Gasteiger partial charge is 0.504 e. The molecular weight excluding hydrogens is 271 g/mol. The van der Waals surface area contributed by atoms with Crippen LogP contribution in [0, 0.1) is 0 Å². The summed E-state index contributed by atoms with van der Waals surface area (Å²) in [7, 11) is 1.41. The molecule has 114 valence electrons. The molecule has 0 fully saturated rings. The molecule has 0 saturated heterocycles. The number of halogens is 3. The molecule has 1 rings (SSSR count). The highest BCUT2D eigenvalue weighted by molar-refractivity contribution is 5.42. The number of nitrogens with zero attached hydrogens (tertiary/aromatic N) is 1. The molecule has 0 saturated carbocycles. The van der Waals surface area contributed by atoms with Gasteiger partial charge in [-0.15, -0.1) is 0 Å². The molecule has 1 aromatic rings. The van der Waals surface area contributed by atoms with Crippen LogP contribution in [0.4, 0.5) is 13.2 Å². The van der Waals surface area contributed by atoms with Crippen molar-refractivity contribution in [3.63, 3.8) is 0 Å². The molecule has 3 nitrogen and oxygen atoms in total. The van der Waals surface area contributed by atoms with Crippen LogP contribution >= 0.6 is 0 Å². The van der Waals surface area contributed by atoms with Gasteiger partial charge in [-0.3, -0.25) is 4.90 Å². The van der Waals surface area contributed by atoms with E-state index in [0.29, 0.717) is 18.5 Å². The first-order chi connectivity index (χ1) is 9.28. The van der Waals surface area contributed by atoms with Gasteiger partial charge in [-0.1, -0.05) is 13.0 Å². The third kappa shape index (κ3) is 4.59. The Morgan fingerprint density at radius 2 is 2.00 bits per heavy atom. The summed E-state index contributed by atoms with van der Waals surface area (Å²) in [6, 6.07) is 4.20. The highest BCUT2D eigenvalue weighted by Gasteiger charge is 2.32. The number of rotatable bonds is 6. The van der Waals surface area contributed by atoms with Gasteiger partial charge < -0.3 is 9.84 Å². The molecule has 1 aromatic carbocycles. The van der Waals surface area contributed by atoms with Gasteiger partial charge in [-0.05, 0) is 37.6 Å². The molecule has 0 aliphatic rings. The molecule has 0 amide bonds. The first-order valence-corrected chi connectivity index (χ1v) is 6.46. The van der Waals surface area contributed by atoms with Crippen LogP contribution in [0.1, 0.15) is 31.9 Å². The van der Waals surface area contributed by atoms with Crippen molar-refractivity contribution in [3.05, 3.63) is 23.8 Å². The average molecular weight is 291 g/mol. The number of phenolic OH excluding ortho intramolecular Hbond substituents is 1. The quantitative estimate of drug-likeness (QED) is 0.866. The van der Waals surface area contributed by atoms with Crippen LogP contribution in [0.2, 0.25) is 0 Å². The number of phenols is 1. The van der Waals surface area contributed by atoms with E-state index in [1.165, 1.54) is 18.1 Å². The number of hydrogen-bond acceptors (Lipinski definition) is 3. The fraction of sp³-hybridized carbons (Fsp3) is 0.571.